The van der Waals surface area contributed by atoms with Crippen LogP contribution in [0.25, 0.3) is 11.1 Å². The zero-order valence-corrected chi connectivity index (χ0v) is 21.6. The molecule has 0 unspecified atom stereocenters. The molecule has 0 aliphatic carbocycles. The number of rotatable bonds is 4. The zero-order chi connectivity index (χ0) is 29.0. The molecule has 2 aliphatic rings. The van der Waals surface area contributed by atoms with Gasteiger partial charge < -0.3 is 39.7 Å². The molecule has 0 saturated heterocycles. The van der Waals surface area contributed by atoms with Crippen LogP contribution in [-0.4, -0.2) is 44.2 Å². The Morgan fingerprint density at radius 2 is 1.12 bits per heavy atom. The van der Waals surface area contributed by atoms with Gasteiger partial charge in [0.1, 0.15) is 69.3 Å². The first-order valence-corrected chi connectivity index (χ1v) is 12.7. The van der Waals surface area contributed by atoms with E-state index >= 15 is 0 Å². The van der Waals surface area contributed by atoms with Crippen molar-refractivity contribution in [2.45, 2.75) is 25.0 Å². The Balaban J connectivity index is 1.35. The maximum absolute atomic E-state index is 13.0. The van der Waals surface area contributed by atoms with E-state index in [1.807, 2.05) is 0 Å². The molecule has 2 atom stereocenters. The molecule has 41 heavy (non-hydrogen) atoms. The number of ether oxygens (including phenoxy) is 3. The van der Waals surface area contributed by atoms with Gasteiger partial charge in [0.2, 0.25) is 0 Å². The van der Waals surface area contributed by atoms with Crippen LogP contribution in [0.15, 0.2) is 60.7 Å². The molecule has 0 aromatic heterocycles. The third-order valence-electron chi connectivity index (χ3n) is 7.25. The van der Waals surface area contributed by atoms with Gasteiger partial charge in [-0.25, -0.2) is 0 Å². The summed E-state index contributed by atoms with van der Waals surface area (Å²) in [4.78, 5) is 25.8. The Morgan fingerprint density at radius 1 is 0.634 bits per heavy atom. The van der Waals surface area contributed by atoms with Gasteiger partial charge >= 0.3 is 0 Å². The van der Waals surface area contributed by atoms with E-state index in [0.717, 1.165) is 6.07 Å². The van der Waals surface area contributed by atoms with Gasteiger partial charge in [0.05, 0.1) is 20.0 Å². The van der Waals surface area contributed by atoms with E-state index in [4.69, 9.17) is 14.2 Å². The van der Waals surface area contributed by atoms with Crippen LogP contribution < -0.4 is 14.2 Å². The lowest BCUT2D eigenvalue weighted by Crippen LogP contribution is -2.21. The standard InChI is InChI=1S/C31H24O10/c1-39-27-9-17(33)11-29-31(27)24(38)13-26(41-29)15-3-5-21(35)19(7-15)18-6-14(2-4-20(18)34)25-12-23(37)30-22(36)8-16(32)10-28(30)40-25/h2-11,25-26,32-36H,12-13H2,1H3/t25-,26-/m1/s1. The average Bonchev–Trinajstić information content (AvgIpc) is 2.92. The second kappa shape index (κ2) is 9.67. The Kier molecular flexibility index (Phi) is 6.10. The number of hydrogen-bond acceptors (Lipinski definition) is 10. The highest BCUT2D eigenvalue weighted by atomic mass is 16.5. The molecule has 0 fully saturated rings. The van der Waals surface area contributed by atoms with Crippen molar-refractivity contribution >= 4 is 11.6 Å². The van der Waals surface area contributed by atoms with Crippen molar-refractivity contribution in [3.05, 3.63) is 82.9 Å². The number of phenols is 5. The summed E-state index contributed by atoms with van der Waals surface area (Å²) in [6.07, 6.45) is -1.67. The van der Waals surface area contributed by atoms with Crippen LogP contribution in [0.1, 0.15) is 56.9 Å². The van der Waals surface area contributed by atoms with Crippen molar-refractivity contribution in [1.29, 1.82) is 0 Å². The van der Waals surface area contributed by atoms with Crippen molar-refractivity contribution < 1.29 is 49.3 Å². The highest BCUT2D eigenvalue weighted by Crippen LogP contribution is 2.46. The number of methoxy groups -OCH3 is 1. The first-order valence-electron chi connectivity index (χ1n) is 12.7. The molecule has 0 amide bonds. The highest BCUT2D eigenvalue weighted by molar-refractivity contribution is 6.03. The Morgan fingerprint density at radius 3 is 1.66 bits per heavy atom. The predicted octanol–water partition coefficient (Wildman–Crippen LogP) is 5.30. The first kappa shape index (κ1) is 25.9. The minimum atomic E-state index is -0.792. The summed E-state index contributed by atoms with van der Waals surface area (Å²) in [5.41, 5.74) is 1.74. The average molecular weight is 557 g/mol. The van der Waals surface area contributed by atoms with E-state index in [1.165, 1.54) is 37.4 Å². The lowest BCUT2D eigenvalue weighted by molar-refractivity contribution is 0.0834. The van der Waals surface area contributed by atoms with Crippen molar-refractivity contribution in [3.8, 4) is 57.1 Å². The number of Topliss-reactive ketones (excluding diaryl/α,β-unsaturated/α-hetero) is 2. The van der Waals surface area contributed by atoms with Crippen molar-refractivity contribution in [2.75, 3.05) is 7.11 Å². The van der Waals surface area contributed by atoms with Gasteiger partial charge in [0, 0.05) is 35.4 Å². The Bertz CT molecular complexity index is 1740. The zero-order valence-electron chi connectivity index (χ0n) is 21.6. The van der Waals surface area contributed by atoms with E-state index in [1.54, 1.807) is 24.3 Å². The van der Waals surface area contributed by atoms with Crippen LogP contribution in [0.5, 0.6) is 46.0 Å². The van der Waals surface area contributed by atoms with Gasteiger partial charge in [-0.05, 0) is 35.4 Å². The Hall–Kier alpha value is -5.38. The van der Waals surface area contributed by atoms with E-state index in [0.29, 0.717) is 11.1 Å². The number of carbonyl (C=O) groups is 2. The number of phenolic OH excluding ortho intramolecular Hbond substituents is 5. The highest BCUT2D eigenvalue weighted by Gasteiger charge is 2.33. The van der Waals surface area contributed by atoms with Crippen LogP contribution in [0.4, 0.5) is 0 Å². The molecule has 0 saturated carbocycles. The molecule has 5 N–H and O–H groups in total. The number of ketones is 2. The minimum absolute atomic E-state index is 0.0158. The monoisotopic (exact) mass is 556 g/mol. The summed E-state index contributed by atoms with van der Waals surface area (Å²) in [5, 5.41) is 51.5. The van der Waals surface area contributed by atoms with Crippen molar-refractivity contribution in [2.24, 2.45) is 0 Å². The fraction of sp³-hybridized carbons (Fsp3) is 0.161. The van der Waals surface area contributed by atoms with Gasteiger partial charge in [0.15, 0.2) is 11.6 Å². The smallest absolute Gasteiger partial charge is 0.174 e. The minimum Gasteiger partial charge on any atom is -0.508 e. The summed E-state index contributed by atoms with van der Waals surface area (Å²) >= 11 is 0. The second-order valence-corrected chi connectivity index (χ2v) is 9.88. The molecular formula is C31H24O10. The SMILES string of the molecule is COc1cc(O)cc2c1C(=O)C[C@H](c1ccc(O)c(-c3cc([C@H]4CC(=O)c5c(O)cc(O)cc5O4)ccc3O)c1)O2. The number of fused-ring (bicyclic) bond motifs is 2. The molecule has 4 aromatic rings. The predicted molar refractivity (Wildman–Crippen MR) is 144 cm³/mol. The summed E-state index contributed by atoms with van der Waals surface area (Å²) in [6, 6.07) is 14.2. The molecule has 2 heterocycles. The van der Waals surface area contributed by atoms with Gasteiger partial charge in [0.25, 0.3) is 0 Å². The number of benzene rings is 4. The maximum atomic E-state index is 13.0. The fourth-order valence-electron chi connectivity index (χ4n) is 5.31. The van der Waals surface area contributed by atoms with Crippen LogP contribution >= 0.6 is 0 Å². The molecule has 208 valence electrons. The lowest BCUT2D eigenvalue weighted by atomic mass is 9.91. The summed E-state index contributed by atoms with van der Waals surface area (Å²) in [7, 11) is 1.39. The molecule has 10 heteroatoms. The third-order valence-corrected chi connectivity index (χ3v) is 7.25. The first-order chi connectivity index (χ1) is 19.6. The fourth-order valence-corrected chi connectivity index (χ4v) is 5.31. The number of hydrogen-bond donors (Lipinski definition) is 5. The van der Waals surface area contributed by atoms with Gasteiger partial charge in [-0.2, -0.15) is 0 Å². The molecule has 0 spiro atoms. The molecule has 0 radical (unpaired) electrons. The Labute approximate surface area is 233 Å². The topological polar surface area (TPSA) is 163 Å². The van der Waals surface area contributed by atoms with Crippen LogP contribution in [0, 0.1) is 0 Å². The number of carbonyl (C=O) groups excluding carboxylic acids is 2. The molecular weight excluding hydrogens is 532 g/mol. The second-order valence-electron chi connectivity index (χ2n) is 9.88. The summed E-state index contributed by atoms with van der Waals surface area (Å²) in [5.74, 6) is -1.29. The molecule has 10 nitrogen and oxygen atoms in total. The van der Waals surface area contributed by atoms with E-state index < -0.39 is 12.2 Å². The largest absolute Gasteiger partial charge is 0.508 e. The normalized spacial score (nSPS) is 17.7. The van der Waals surface area contributed by atoms with Gasteiger partial charge in [-0.3, -0.25) is 9.59 Å². The van der Waals surface area contributed by atoms with Gasteiger partial charge in [-0.15, -0.1) is 0 Å². The molecule has 4 aromatic carbocycles. The van der Waals surface area contributed by atoms with E-state index in [-0.39, 0.29) is 92.7 Å². The maximum Gasteiger partial charge on any atom is 0.174 e. The van der Waals surface area contributed by atoms with Crippen LogP contribution in [0.3, 0.4) is 0 Å². The summed E-state index contributed by atoms with van der Waals surface area (Å²) in [6.45, 7) is 0. The van der Waals surface area contributed by atoms with Crippen LogP contribution in [-0.2, 0) is 0 Å². The van der Waals surface area contributed by atoms with Crippen molar-refractivity contribution in [1.82, 2.24) is 0 Å². The molecule has 2 aliphatic heterocycles. The van der Waals surface area contributed by atoms with E-state index in [9.17, 15) is 35.1 Å². The molecule has 0 bridgehead atoms. The number of aromatic hydroxyl groups is 5. The van der Waals surface area contributed by atoms with Crippen molar-refractivity contribution in [3.63, 3.8) is 0 Å². The van der Waals surface area contributed by atoms with Gasteiger partial charge in [-0.1, -0.05) is 12.1 Å². The quantitative estimate of drug-likeness (QED) is 0.223. The third kappa shape index (κ3) is 4.49. The lowest BCUT2D eigenvalue weighted by Gasteiger charge is -2.27. The van der Waals surface area contributed by atoms with Crippen LogP contribution in [0.2, 0.25) is 0 Å². The summed E-state index contributed by atoms with van der Waals surface area (Å²) < 4.78 is 17.2. The molecule has 6 rings (SSSR count). The van der Waals surface area contributed by atoms with E-state index in [2.05, 4.69) is 0 Å².